The molecule has 26 heavy (non-hydrogen) atoms. The molecule has 0 heterocycles. The molecule has 0 aromatic carbocycles. The van der Waals surface area contributed by atoms with Gasteiger partial charge in [0.1, 0.15) is 0 Å². The number of hydrogen-bond donors (Lipinski definition) is 0. The Morgan fingerprint density at radius 1 is 0.923 bits per heavy atom. The highest BCUT2D eigenvalue weighted by Crippen LogP contribution is 2.51. The summed E-state index contributed by atoms with van der Waals surface area (Å²) in [7, 11) is 4.75. The fourth-order valence-corrected chi connectivity index (χ4v) is 3.72. The average Bonchev–Trinajstić information content (AvgIpc) is 3.04. The van der Waals surface area contributed by atoms with Crippen LogP contribution in [0.25, 0.3) is 0 Å². The SMILES string of the molecule is C=C(C)C1CC(C(=O)OC)(C(=O)OC)CC1CC(C(=O)OC)C(=O)OC. The fraction of sp³-hybridized carbons (Fsp3) is 0.667. The molecule has 0 spiro atoms. The van der Waals surface area contributed by atoms with Gasteiger partial charge in [0.05, 0.1) is 28.4 Å². The number of allylic oxidation sites excluding steroid dienone is 1. The quantitative estimate of drug-likeness (QED) is 0.286. The second-order valence-electron chi connectivity index (χ2n) is 6.52. The molecule has 0 aromatic heterocycles. The summed E-state index contributed by atoms with van der Waals surface area (Å²) in [6, 6.07) is 0. The minimum absolute atomic E-state index is 0.0621. The van der Waals surface area contributed by atoms with E-state index in [1.165, 1.54) is 28.4 Å². The van der Waals surface area contributed by atoms with Crippen molar-refractivity contribution in [2.24, 2.45) is 23.2 Å². The Kier molecular flexibility index (Phi) is 7.35. The fourth-order valence-electron chi connectivity index (χ4n) is 3.72. The van der Waals surface area contributed by atoms with E-state index in [1.807, 2.05) is 0 Å². The minimum atomic E-state index is -1.49. The van der Waals surface area contributed by atoms with Crippen molar-refractivity contribution in [1.82, 2.24) is 0 Å². The molecule has 0 saturated heterocycles. The van der Waals surface area contributed by atoms with E-state index < -0.39 is 35.2 Å². The Hall–Kier alpha value is -2.38. The number of carbonyl (C=O) groups excluding carboxylic acids is 4. The Morgan fingerprint density at radius 3 is 1.73 bits per heavy atom. The first-order valence-electron chi connectivity index (χ1n) is 8.16. The smallest absolute Gasteiger partial charge is 0.323 e. The van der Waals surface area contributed by atoms with Gasteiger partial charge in [0.25, 0.3) is 0 Å². The summed E-state index contributed by atoms with van der Waals surface area (Å²) in [5, 5.41) is 0. The molecule has 1 aliphatic rings. The first-order valence-corrected chi connectivity index (χ1v) is 8.16. The Morgan fingerprint density at radius 2 is 1.38 bits per heavy atom. The third-order valence-corrected chi connectivity index (χ3v) is 5.04. The molecule has 0 aliphatic heterocycles. The normalized spacial score (nSPS) is 21.0. The van der Waals surface area contributed by atoms with Gasteiger partial charge in [0.15, 0.2) is 11.3 Å². The Balaban J connectivity index is 3.25. The zero-order valence-electron chi connectivity index (χ0n) is 15.8. The van der Waals surface area contributed by atoms with E-state index in [2.05, 4.69) is 16.1 Å². The number of methoxy groups -OCH3 is 4. The van der Waals surface area contributed by atoms with Crippen LogP contribution >= 0.6 is 0 Å². The van der Waals surface area contributed by atoms with E-state index in [0.29, 0.717) is 0 Å². The zero-order valence-corrected chi connectivity index (χ0v) is 15.8. The summed E-state index contributed by atoms with van der Waals surface area (Å²) in [5.41, 5.74) is -0.757. The summed E-state index contributed by atoms with van der Waals surface area (Å²) in [4.78, 5) is 48.7. The summed E-state index contributed by atoms with van der Waals surface area (Å²) in [5.74, 6) is -4.64. The Labute approximate surface area is 152 Å². The maximum absolute atomic E-state index is 12.4. The summed E-state index contributed by atoms with van der Waals surface area (Å²) in [6.07, 6.45) is 0.280. The van der Waals surface area contributed by atoms with Crippen LogP contribution in [0.3, 0.4) is 0 Å². The Bertz CT molecular complexity index is 562. The predicted octanol–water partition coefficient (Wildman–Crippen LogP) is 1.27. The van der Waals surface area contributed by atoms with Gasteiger partial charge in [-0.15, -0.1) is 0 Å². The van der Waals surface area contributed by atoms with Gasteiger partial charge in [-0.1, -0.05) is 12.2 Å². The molecule has 0 bridgehead atoms. The van der Waals surface area contributed by atoms with Gasteiger partial charge in [-0.3, -0.25) is 19.2 Å². The lowest BCUT2D eigenvalue weighted by Gasteiger charge is -2.23. The molecule has 1 aliphatic carbocycles. The molecule has 2 atom stereocenters. The van der Waals surface area contributed by atoms with Gasteiger partial charge in [0, 0.05) is 0 Å². The van der Waals surface area contributed by atoms with Crippen LogP contribution in [0, 0.1) is 23.2 Å². The van der Waals surface area contributed by atoms with Crippen molar-refractivity contribution in [3.8, 4) is 0 Å². The third-order valence-electron chi connectivity index (χ3n) is 5.04. The van der Waals surface area contributed by atoms with Crippen LogP contribution in [0.15, 0.2) is 12.2 Å². The molecule has 0 aromatic rings. The van der Waals surface area contributed by atoms with E-state index in [9.17, 15) is 19.2 Å². The molecule has 1 fully saturated rings. The molecule has 8 nitrogen and oxygen atoms in total. The van der Waals surface area contributed by atoms with E-state index in [4.69, 9.17) is 9.47 Å². The molecule has 0 radical (unpaired) electrons. The second-order valence-corrected chi connectivity index (χ2v) is 6.52. The topological polar surface area (TPSA) is 105 Å². The number of rotatable bonds is 7. The highest BCUT2D eigenvalue weighted by Gasteiger charge is 2.58. The van der Waals surface area contributed by atoms with Crippen molar-refractivity contribution in [2.45, 2.75) is 26.2 Å². The first kappa shape index (κ1) is 21.7. The maximum atomic E-state index is 12.4. The molecule has 0 amide bonds. The van der Waals surface area contributed by atoms with Gasteiger partial charge < -0.3 is 18.9 Å². The largest absolute Gasteiger partial charge is 0.468 e. The van der Waals surface area contributed by atoms with Crippen LogP contribution in [-0.4, -0.2) is 52.3 Å². The van der Waals surface area contributed by atoms with E-state index >= 15 is 0 Å². The number of hydrogen-bond acceptors (Lipinski definition) is 8. The van der Waals surface area contributed by atoms with Crippen molar-refractivity contribution in [3.63, 3.8) is 0 Å². The second kappa shape index (κ2) is 8.82. The van der Waals surface area contributed by atoms with Crippen molar-refractivity contribution in [1.29, 1.82) is 0 Å². The average molecular weight is 370 g/mol. The van der Waals surface area contributed by atoms with Gasteiger partial charge in [-0.25, -0.2) is 0 Å². The lowest BCUT2D eigenvalue weighted by atomic mass is 9.83. The molecule has 1 saturated carbocycles. The number of esters is 4. The van der Waals surface area contributed by atoms with Crippen LogP contribution < -0.4 is 0 Å². The molecular weight excluding hydrogens is 344 g/mol. The molecule has 0 N–H and O–H groups in total. The zero-order chi connectivity index (χ0) is 20.1. The highest BCUT2D eigenvalue weighted by atomic mass is 16.6. The molecule has 1 rings (SSSR count). The van der Waals surface area contributed by atoms with Crippen LogP contribution in [0.1, 0.15) is 26.2 Å². The van der Waals surface area contributed by atoms with Crippen LogP contribution in [0.2, 0.25) is 0 Å². The van der Waals surface area contributed by atoms with Gasteiger partial charge in [-0.2, -0.15) is 0 Å². The molecular formula is C18H26O8. The number of carbonyl (C=O) groups is 4. The van der Waals surface area contributed by atoms with Gasteiger partial charge in [0.2, 0.25) is 0 Å². The molecule has 146 valence electrons. The van der Waals surface area contributed by atoms with Crippen molar-refractivity contribution < 1.29 is 38.1 Å². The minimum Gasteiger partial charge on any atom is -0.468 e. The van der Waals surface area contributed by atoms with E-state index in [-0.39, 0.29) is 31.1 Å². The van der Waals surface area contributed by atoms with E-state index in [1.54, 1.807) is 6.92 Å². The maximum Gasteiger partial charge on any atom is 0.323 e. The standard InChI is InChI=1S/C18H26O8/c1-10(2)13-9-18(16(21)25-5,17(22)26-6)8-11(13)7-12(14(19)23-3)15(20)24-4/h11-13H,1,7-9H2,2-6H3. The highest BCUT2D eigenvalue weighted by molar-refractivity contribution is 6.00. The van der Waals surface area contributed by atoms with Gasteiger partial charge in [-0.05, 0) is 38.0 Å². The summed E-state index contributed by atoms with van der Waals surface area (Å²) >= 11 is 0. The monoisotopic (exact) mass is 370 g/mol. The number of ether oxygens (including phenoxy) is 4. The van der Waals surface area contributed by atoms with E-state index in [0.717, 1.165) is 5.57 Å². The lowest BCUT2D eigenvalue weighted by Crippen LogP contribution is -2.39. The van der Waals surface area contributed by atoms with Crippen molar-refractivity contribution >= 4 is 23.9 Å². The summed E-state index contributed by atoms with van der Waals surface area (Å²) < 4.78 is 19.0. The molecule has 8 heteroatoms. The predicted molar refractivity (Wildman–Crippen MR) is 89.6 cm³/mol. The van der Waals surface area contributed by atoms with Crippen molar-refractivity contribution in [2.75, 3.05) is 28.4 Å². The summed E-state index contributed by atoms with van der Waals surface area (Å²) in [6.45, 7) is 5.70. The lowest BCUT2D eigenvalue weighted by molar-refractivity contribution is -0.169. The first-order chi connectivity index (χ1) is 12.2. The van der Waals surface area contributed by atoms with Crippen LogP contribution in [0.5, 0.6) is 0 Å². The van der Waals surface area contributed by atoms with Crippen LogP contribution in [0.4, 0.5) is 0 Å². The third kappa shape index (κ3) is 4.05. The van der Waals surface area contributed by atoms with Crippen molar-refractivity contribution in [3.05, 3.63) is 12.2 Å². The van der Waals surface area contributed by atoms with Gasteiger partial charge >= 0.3 is 23.9 Å². The molecule has 2 unspecified atom stereocenters. The van der Waals surface area contributed by atoms with Crippen LogP contribution in [-0.2, 0) is 38.1 Å².